The Morgan fingerprint density at radius 2 is 2.37 bits per heavy atom. The average molecular weight is 264 g/mol. The molecule has 1 N–H and O–H groups in total. The minimum absolute atomic E-state index is 0.119. The van der Waals surface area contributed by atoms with E-state index in [1.807, 2.05) is 11.8 Å². The van der Waals surface area contributed by atoms with Crippen LogP contribution in [0.4, 0.5) is 0 Å². The van der Waals surface area contributed by atoms with Gasteiger partial charge in [0.15, 0.2) is 0 Å². The Kier molecular flexibility index (Phi) is 5.02. The van der Waals surface area contributed by atoms with Crippen LogP contribution in [0.2, 0.25) is 0 Å². The smallest absolute Gasteiger partial charge is 0.257 e. The number of aryl methyl sites for hydroxylation is 1. The summed E-state index contributed by atoms with van der Waals surface area (Å²) in [5, 5.41) is 3.51. The molecular formula is C15H24N2O2. The SMILES string of the molecule is CCCNC1CCCN(C(=O)c2ccoc2CC)C1. The highest BCUT2D eigenvalue weighted by Gasteiger charge is 2.26. The molecule has 4 nitrogen and oxygen atoms in total. The molecule has 1 saturated heterocycles. The summed E-state index contributed by atoms with van der Waals surface area (Å²) < 4.78 is 5.35. The van der Waals surface area contributed by atoms with Crippen LogP contribution < -0.4 is 5.32 Å². The van der Waals surface area contributed by atoms with E-state index >= 15 is 0 Å². The van der Waals surface area contributed by atoms with E-state index in [0.717, 1.165) is 56.6 Å². The molecule has 1 fully saturated rings. The number of likely N-dealkylation sites (tertiary alicyclic amines) is 1. The van der Waals surface area contributed by atoms with E-state index in [1.165, 1.54) is 0 Å². The maximum atomic E-state index is 12.5. The summed E-state index contributed by atoms with van der Waals surface area (Å²) in [6.45, 7) is 6.87. The topological polar surface area (TPSA) is 45.5 Å². The van der Waals surface area contributed by atoms with Gasteiger partial charge in [0.05, 0.1) is 11.8 Å². The van der Waals surface area contributed by atoms with Gasteiger partial charge in [0.25, 0.3) is 5.91 Å². The number of piperidine rings is 1. The van der Waals surface area contributed by atoms with Crippen molar-refractivity contribution in [2.75, 3.05) is 19.6 Å². The fraction of sp³-hybridized carbons (Fsp3) is 0.667. The van der Waals surface area contributed by atoms with E-state index < -0.39 is 0 Å². The lowest BCUT2D eigenvalue weighted by Crippen LogP contribution is -2.48. The Labute approximate surface area is 115 Å². The molecule has 0 aromatic carbocycles. The number of nitrogens with one attached hydrogen (secondary N) is 1. The summed E-state index contributed by atoms with van der Waals surface area (Å²) in [5.74, 6) is 0.919. The van der Waals surface area contributed by atoms with Crippen molar-refractivity contribution >= 4 is 5.91 Å². The minimum atomic E-state index is 0.119. The standard InChI is InChI=1S/C15H24N2O2/c1-3-8-16-12-6-5-9-17(11-12)15(18)13-7-10-19-14(13)4-2/h7,10,12,16H,3-6,8-9,11H2,1-2H3. The molecule has 1 aliphatic rings. The van der Waals surface area contributed by atoms with E-state index in [0.29, 0.717) is 6.04 Å². The van der Waals surface area contributed by atoms with Crippen molar-refractivity contribution < 1.29 is 9.21 Å². The van der Waals surface area contributed by atoms with E-state index in [9.17, 15) is 4.79 Å². The van der Waals surface area contributed by atoms with E-state index in [2.05, 4.69) is 12.2 Å². The quantitative estimate of drug-likeness (QED) is 0.888. The second kappa shape index (κ2) is 6.75. The lowest BCUT2D eigenvalue weighted by atomic mass is 10.0. The average Bonchev–Trinajstić information content (AvgIpc) is 2.93. The van der Waals surface area contributed by atoms with Gasteiger partial charge in [-0.25, -0.2) is 0 Å². The fourth-order valence-electron chi connectivity index (χ4n) is 2.65. The number of furan rings is 1. The fourth-order valence-corrected chi connectivity index (χ4v) is 2.65. The van der Waals surface area contributed by atoms with Crippen LogP contribution in [0.15, 0.2) is 16.7 Å². The zero-order valence-corrected chi connectivity index (χ0v) is 11.9. The molecule has 2 rings (SSSR count). The predicted molar refractivity (Wildman–Crippen MR) is 75.3 cm³/mol. The second-order valence-corrected chi connectivity index (χ2v) is 5.16. The van der Waals surface area contributed by atoms with Crippen molar-refractivity contribution in [3.8, 4) is 0 Å². The van der Waals surface area contributed by atoms with Gasteiger partial charge in [-0.15, -0.1) is 0 Å². The van der Waals surface area contributed by atoms with Gasteiger partial charge in [-0.1, -0.05) is 13.8 Å². The van der Waals surface area contributed by atoms with Crippen LogP contribution >= 0.6 is 0 Å². The van der Waals surface area contributed by atoms with Gasteiger partial charge < -0.3 is 14.6 Å². The van der Waals surface area contributed by atoms with Gasteiger partial charge in [0.1, 0.15) is 5.76 Å². The van der Waals surface area contributed by atoms with E-state index in [-0.39, 0.29) is 5.91 Å². The first-order valence-corrected chi connectivity index (χ1v) is 7.35. The zero-order chi connectivity index (χ0) is 13.7. The van der Waals surface area contributed by atoms with Gasteiger partial charge in [-0.05, 0) is 31.9 Å². The molecule has 1 aromatic rings. The molecule has 19 heavy (non-hydrogen) atoms. The van der Waals surface area contributed by atoms with Crippen LogP contribution in [0.25, 0.3) is 0 Å². The van der Waals surface area contributed by atoms with Crippen molar-refractivity contribution in [1.82, 2.24) is 10.2 Å². The molecular weight excluding hydrogens is 240 g/mol. The van der Waals surface area contributed by atoms with Gasteiger partial charge in [-0.3, -0.25) is 4.79 Å². The molecule has 0 aliphatic carbocycles. The van der Waals surface area contributed by atoms with Crippen molar-refractivity contribution in [2.24, 2.45) is 0 Å². The van der Waals surface area contributed by atoms with Crippen molar-refractivity contribution in [3.05, 3.63) is 23.7 Å². The van der Waals surface area contributed by atoms with Crippen molar-refractivity contribution in [1.29, 1.82) is 0 Å². The monoisotopic (exact) mass is 264 g/mol. The van der Waals surface area contributed by atoms with Crippen LogP contribution in [0.1, 0.15) is 49.2 Å². The Hall–Kier alpha value is -1.29. The van der Waals surface area contributed by atoms with Crippen LogP contribution in [0.5, 0.6) is 0 Å². The summed E-state index contributed by atoms with van der Waals surface area (Å²) >= 11 is 0. The highest BCUT2D eigenvalue weighted by Crippen LogP contribution is 2.18. The largest absolute Gasteiger partial charge is 0.469 e. The van der Waals surface area contributed by atoms with Crippen LogP contribution in [0.3, 0.4) is 0 Å². The lowest BCUT2D eigenvalue weighted by Gasteiger charge is -2.33. The van der Waals surface area contributed by atoms with Gasteiger partial charge in [0, 0.05) is 25.6 Å². The summed E-state index contributed by atoms with van der Waals surface area (Å²) in [4.78, 5) is 14.5. The molecule has 1 unspecified atom stereocenters. The minimum Gasteiger partial charge on any atom is -0.469 e. The molecule has 0 spiro atoms. The third-order valence-electron chi connectivity index (χ3n) is 3.69. The number of carbonyl (C=O) groups is 1. The van der Waals surface area contributed by atoms with Gasteiger partial charge >= 0.3 is 0 Å². The Morgan fingerprint density at radius 3 is 3.11 bits per heavy atom. The number of rotatable bonds is 5. The normalized spacial score (nSPS) is 19.7. The summed E-state index contributed by atoms with van der Waals surface area (Å²) in [6.07, 6.45) is 5.75. The van der Waals surface area contributed by atoms with Crippen LogP contribution in [-0.2, 0) is 6.42 Å². The second-order valence-electron chi connectivity index (χ2n) is 5.16. The molecule has 0 bridgehead atoms. The summed E-state index contributed by atoms with van der Waals surface area (Å²) in [7, 11) is 0. The maximum absolute atomic E-state index is 12.5. The summed E-state index contributed by atoms with van der Waals surface area (Å²) in [6, 6.07) is 2.24. The Balaban J connectivity index is 1.99. The molecule has 1 atom stereocenters. The third-order valence-corrected chi connectivity index (χ3v) is 3.69. The van der Waals surface area contributed by atoms with Gasteiger partial charge in [0.2, 0.25) is 0 Å². The first kappa shape index (κ1) is 14.1. The maximum Gasteiger partial charge on any atom is 0.257 e. The number of amides is 1. The van der Waals surface area contributed by atoms with Gasteiger partial charge in [-0.2, -0.15) is 0 Å². The number of hydrogen-bond acceptors (Lipinski definition) is 3. The lowest BCUT2D eigenvalue weighted by molar-refractivity contribution is 0.0693. The van der Waals surface area contributed by atoms with E-state index in [4.69, 9.17) is 4.42 Å². The third kappa shape index (κ3) is 3.38. The molecule has 1 amide bonds. The summed E-state index contributed by atoms with van der Waals surface area (Å²) in [5.41, 5.74) is 0.735. The first-order chi connectivity index (χ1) is 9.26. The molecule has 0 radical (unpaired) electrons. The van der Waals surface area contributed by atoms with E-state index in [1.54, 1.807) is 12.3 Å². The number of hydrogen-bond donors (Lipinski definition) is 1. The number of nitrogens with zero attached hydrogens (tertiary/aromatic N) is 1. The molecule has 1 aromatic heterocycles. The van der Waals surface area contributed by atoms with Crippen LogP contribution in [-0.4, -0.2) is 36.5 Å². The Bertz CT molecular complexity index is 414. The number of carbonyl (C=O) groups excluding carboxylic acids is 1. The van der Waals surface area contributed by atoms with Crippen molar-refractivity contribution in [2.45, 2.75) is 45.6 Å². The molecule has 4 heteroatoms. The predicted octanol–water partition coefficient (Wildman–Crippen LogP) is 2.45. The molecule has 2 heterocycles. The molecule has 106 valence electrons. The van der Waals surface area contributed by atoms with Crippen molar-refractivity contribution in [3.63, 3.8) is 0 Å². The zero-order valence-electron chi connectivity index (χ0n) is 11.9. The molecule has 1 aliphatic heterocycles. The highest BCUT2D eigenvalue weighted by molar-refractivity contribution is 5.95. The Morgan fingerprint density at radius 1 is 1.53 bits per heavy atom. The first-order valence-electron chi connectivity index (χ1n) is 7.35. The van der Waals surface area contributed by atoms with Crippen LogP contribution in [0, 0.1) is 0 Å². The molecule has 0 saturated carbocycles. The highest BCUT2D eigenvalue weighted by atomic mass is 16.3.